The van der Waals surface area contributed by atoms with Crippen LogP contribution >= 0.6 is 0 Å². The van der Waals surface area contributed by atoms with Crippen LogP contribution in [-0.4, -0.2) is 0 Å². The van der Waals surface area contributed by atoms with Gasteiger partial charge in [-0.15, -0.1) is 0 Å². The van der Waals surface area contributed by atoms with Gasteiger partial charge in [0.25, 0.3) is 0 Å². The van der Waals surface area contributed by atoms with Gasteiger partial charge in [-0.2, -0.15) is 0 Å². The van der Waals surface area contributed by atoms with Gasteiger partial charge in [0.1, 0.15) is 17.4 Å². The molecule has 0 spiro atoms. The summed E-state index contributed by atoms with van der Waals surface area (Å²) in [5.74, 6) is 8.44. The van der Waals surface area contributed by atoms with Crippen molar-refractivity contribution in [1.29, 1.82) is 0 Å². The lowest BCUT2D eigenvalue weighted by Crippen LogP contribution is -1.96. The first-order chi connectivity index (χ1) is 10.7. The Hall–Kier alpha value is -2.72. The summed E-state index contributed by atoms with van der Waals surface area (Å²) in [6.45, 7) is 4.06. The van der Waals surface area contributed by atoms with Gasteiger partial charge in [-0.25, -0.2) is 0 Å². The Morgan fingerprint density at radius 3 is 2.09 bits per heavy atom. The lowest BCUT2D eigenvalue weighted by atomic mass is 9.96. The van der Waals surface area contributed by atoms with E-state index in [1.165, 1.54) is 0 Å². The SMILES string of the molecule is Cc1cc(C(C#Cc2ccccc2)c2ccccc2)oc1C. The van der Waals surface area contributed by atoms with E-state index in [1.807, 2.05) is 55.5 Å². The Labute approximate surface area is 131 Å². The van der Waals surface area contributed by atoms with Crippen LogP contribution in [0.4, 0.5) is 0 Å². The van der Waals surface area contributed by atoms with Crippen molar-refractivity contribution in [3.8, 4) is 11.8 Å². The maximum Gasteiger partial charge on any atom is 0.123 e. The van der Waals surface area contributed by atoms with Crippen LogP contribution in [0.25, 0.3) is 0 Å². The molecule has 3 aromatic rings. The standard InChI is InChI=1S/C21H18O/c1-16-15-21(22-17(16)2)20(19-11-7-4-8-12-19)14-13-18-9-5-3-6-10-18/h3-12,15,20H,1-2H3. The highest BCUT2D eigenvalue weighted by molar-refractivity contribution is 5.42. The predicted molar refractivity (Wildman–Crippen MR) is 89.8 cm³/mol. The van der Waals surface area contributed by atoms with Crippen LogP contribution in [0.3, 0.4) is 0 Å². The molecular formula is C21H18O. The number of hydrogen-bond acceptors (Lipinski definition) is 1. The largest absolute Gasteiger partial charge is 0.464 e. The molecule has 108 valence electrons. The smallest absolute Gasteiger partial charge is 0.123 e. The highest BCUT2D eigenvalue weighted by atomic mass is 16.3. The highest BCUT2D eigenvalue weighted by Gasteiger charge is 2.16. The fraction of sp³-hybridized carbons (Fsp3) is 0.143. The molecule has 1 nitrogen and oxygen atoms in total. The zero-order chi connectivity index (χ0) is 15.4. The maximum atomic E-state index is 5.92. The number of hydrogen-bond donors (Lipinski definition) is 0. The van der Waals surface area contributed by atoms with E-state index in [0.29, 0.717) is 0 Å². The molecule has 0 bridgehead atoms. The van der Waals surface area contributed by atoms with Crippen LogP contribution in [-0.2, 0) is 0 Å². The number of furan rings is 1. The van der Waals surface area contributed by atoms with Gasteiger partial charge in [-0.3, -0.25) is 0 Å². The van der Waals surface area contributed by atoms with Crippen LogP contribution < -0.4 is 0 Å². The van der Waals surface area contributed by atoms with Crippen molar-refractivity contribution in [1.82, 2.24) is 0 Å². The number of rotatable bonds is 2. The number of benzene rings is 2. The van der Waals surface area contributed by atoms with Gasteiger partial charge in [0.05, 0.1) is 0 Å². The Kier molecular flexibility index (Phi) is 4.12. The van der Waals surface area contributed by atoms with Crippen molar-refractivity contribution < 1.29 is 4.42 Å². The van der Waals surface area contributed by atoms with Crippen molar-refractivity contribution in [2.75, 3.05) is 0 Å². The van der Waals surface area contributed by atoms with Crippen molar-refractivity contribution in [2.24, 2.45) is 0 Å². The molecule has 0 aliphatic heterocycles. The molecule has 0 radical (unpaired) electrons. The molecular weight excluding hydrogens is 268 g/mol. The van der Waals surface area contributed by atoms with Gasteiger partial charge in [0.15, 0.2) is 0 Å². The van der Waals surface area contributed by atoms with E-state index >= 15 is 0 Å². The first kappa shape index (κ1) is 14.2. The maximum absolute atomic E-state index is 5.92. The second-order valence-corrected chi connectivity index (χ2v) is 5.37. The molecule has 3 rings (SSSR count). The average Bonchev–Trinajstić information content (AvgIpc) is 2.89. The minimum Gasteiger partial charge on any atom is -0.464 e. The molecule has 1 heteroatoms. The van der Waals surface area contributed by atoms with E-state index in [0.717, 1.165) is 28.2 Å². The van der Waals surface area contributed by atoms with Crippen molar-refractivity contribution in [3.05, 3.63) is 94.9 Å². The van der Waals surface area contributed by atoms with Gasteiger partial charge in [0, 0.05) is 5.56 Å². The van der Waals surface area contributed by atoms with Crippen LogP contribution in [0.2, 0.25) is 0 Å². The van der Waals surface area contributed by atoms with Gasteiger partial charge in [0.2, 0.25) is 0 Å². The summed E-state index contributed by atoms with van der Waals surface area (Å²) in [6.07, 6.45) is 0. The fourth-order valence-corrected chi connectivity index (χ4v) is 2.39. The minimum absolute atomic E-state index is 0.0474. The summed E-state index contributed by atoms with van der Waals surface area (Å²) in [6, 6.07) is 22.4. The topological polar surface area (TPSA) is 13.1 Å². The molecule has 1 unspecified atom stereocenters. The zero-order valence-electron chi connectivity index (χ0n) is 12.8. The van der Waals surface area contributed by atoms with Crippen LogP contribution in [0.1, 0.15) is 34.1 Å². The van der Waals surface area contributed by atoms with Gasteiger partial charge >= 0.3 is 0 Å². The molecule has 0 aliphatic rings. The summed E-state index contributed by atoms with van der Waals surface area (Å²) < 4.78 is 5.92. The molecule has 1 aromatic heterocycles. The third-order valence-electron chi connectivity index (χ3n) is 3.74. The Morgan fingerprint density at radius 2 is 1.50 bits per heavy atom. The summed E-state index contributed by atoms with van der Waals surface area (Å²) in [7, 11) is 0. The molecule has 22 heavy (non-hydrogen) atoms. The molecule has 1 heterocycles. The molecule has 0 saturated heterocycles. The predicted octanol–water partition coefficient (Wildman–Crippen LogP) is 5.08. The highest BCUT2D eigenvalue weighted by Crippen LogP contribution is 2.27. The van der Waals surface area contributed by atoms with Gasteiger partial charge in [-0.05, 0) is 43.2 Å². The second-order valence-electron chi connectivity index (χ2n) is 5.37. The molecule has 0 aliphatic carbocycles. The third kappa shape index (κ3) is 3.13. The summed E-state index contributed by atoms with van der Waals surface area (Å²) in [5.41, 5.74) is 3.33. The van der Waals surface area contributed by atoms with Gasteiger partial charge < -0.3 is 4.42 Å². The second kappa shape index (κ2) is 6.37. The Bertz CT molecular complexity index is 782. The van der Waals surface area contributed by atoms with E-state index < -0.39 is 0 Å². The molecule has 0 amide bonds. The average molecular weight is 286 g/mol. The zero-order valence-corrected chi connectivity index (χ0v) is 12.8. The summed E-state index contributed by atoms with van der Waals surface area (Å²) >= 11 is 0. The van der Waals surface area contributed by atoms with Crippen molar-refractivity contribution in [2.45, 2.75) is 19.8 Å². The first-order valence-electron chi connectivity index (χ1n) is 7.42. The monoisotopic (exact) mass is 286 g/mol. The Balaban J connectivity index is 2.02. The van der Waals surface area contributed by atoms with E-state index in [1.54, 1.807) is 0 Å². The van der Waals surface area contributed by atoms with Crippen molar-refractivity contribution in [3.63, 3.8) is 0 Å². The summed E-state index contributed by atoms with van der Waals surface area (Å²) in [4.78, 5) is 0. The molecule has 1 atom stereocenters. The van der Waals surface area contributed by atoms with Crippen LogP contribution in [0.5, 0.6) is 0 Å². The molecule has 0 N–H and O–H groups in total. The molecule has 0 saturated carbocycles. The first-order valence-corrected chi connectivity index (χ1v) is 7.42. The normalized spacial score (nSPS) is 11.5. The fourth-order valence-electron chi connectivity index (χ4n) is 2.39. The van der Waals surface area contributed by atoms with E-state index in [9.17, 15) is 0 Å². The van der Waals surface area contributed by atoms with Gasteiger partial charge in [-0.1, -0.05) is 60.4 Å². The lowest BCUT2D eigenvalue weighted by molar-refractivity contribution is 0.481. The van der Waals surface area contributed by atoms with Crippen LogP contribution in [0.15, 0.2) is 71.1 Å². The van der Waals surface area contributed by atoms with E-state index in [2.05, 4.69) is 37.0 Å². The third-order valence-corrected chi connectivity index (χ3v) is 3.74. The van der Waals surface area contributed by atoms with Crippen LogP contribution in [0, 0.1) is 25.7 Å². The molecule has 0 fully saturated rings. The van der Waals surface area contributed by atoms with Crippen molar-refractivity contribution >= 4 is 0 Å². The quantitative estimate of drug-likeness (QED) is 0.599. The number of aryl methyl sites for hydroxylation is 2. The lowest BCUT2D eigenvalue weighted by Gasteiger charge is -2.08. The summed E-state index contributed by atoms with van der Waals surface area (Å²) in [5, 5.41) is 0. The molecule has 2 aromatic carbocycles. The minimum atomic E-state index is -0.0474. The Morgan fingerprint density at radius 1 is 0.864 bits per heavy atom. The van der Waals surface area contributed by atoms with E-state index in [4.69, 9.17) is 4.42 Å². The van der Waals surface area contributed by atoms with E-state index in [-0.39, 0.29) is 5.92 Å².